The van der Waals surface area contributed by atoms with Gasteiger partial charge in [-0.25, -0.2) is 19.7 Å². The third kappa shape index (κ3) is 3.65. The number of nitrogens with one attached hydrogen (secondary N) is 1. The highest BCUT2D eigenvalue weighted by molar-refractivity contribution is 5.93. The minimum absolute atomic E-state index is 0.165. The zero-order chi connectivity index (χ0) is 15.6. The minimum atomic E-state index is -1.02. The number of carbonyl (C=O) groups excluding carboxylic acids is 1. The van der Waals surface area contributed by atoms with Crippen molar-refractivity contribution < 1.29 is 19.4 Å². The van der Waals surface area contributed by atoms with Gasteiger partial charge in [-0.1, -0.05) is 0 Å². The number of nitrogens with zero attached hydrogens (tertiary/aromatic N) is 4. The maximum absolute atomic E-state index is 11.7. The second-order valence-corrected chi connectivity index (χ2v) is 5.29. The fraction of sp³-hybridized carbons (Fsp3) is 0.417. The molecule has 9 nitrogen and oxygen atoms in total. The van der Waals surface area contributed by atoms with Gasteiger partial charge in [0.1, 0.15) is 18.5 Å². The molecule has 2 aromatic heterocycles. The van der Waals surface area contributed by atoms with Crippen molar-refractivity contribution >= 4 is 29.0 Å². The van der Waals surface area contributed by atoms with Crippen LogP contribution in [0.1, 0.15) is 20.8 Å². The molecule has 0 radical (unpaired) electrons. The predicted octanol–water partition coefficient (Wildman–Crippen LogP) is 1.26. The summed E-state index contributed by atoms with van der Waals surface area (Å²) < 4.78 is 6.47. The van der Waals surface area contributed by atoms with Crippen LogP contribution in [0.4, 0.5) is 10.6 Å². The van der Waals surface area contributed by atoms with E-state index in [1.54, 1.807) is 20.8 Å². The van der Waals surface area contributed by atoms with Gasteiger partial charge >= 0.3 is 12.1 Å². The first kappa shape index (κ1) is 14.7. The van der Waals surface area contributed by atoms with Crippen LogP contribution in [0.2, 0.25) is 0 Å². The molecule has 2 heterocycles. The number of hydrogen-bond donors (Lipinski definition) is 2. The van der Waals surface area contributed by atoms with E-state index in [0.29, 0.717) is 11.2 Å². The second-order valence-electron chi connectivity index (χ2n) is 5.29. The van der Waals surface area contributed by atoms with Crippen LogP contribution in [0, 0.1) is 0 Å². The summed E-state index contributed by atoms with van der Waals surface area (Å²) in [6, 6.07) is 0. The Morgan fingerprint density at radius 2 is 2.05 bits per heavy atom. The van der Waals surface area contributed by atoms with Gasteiger partial charge < -0.3 is 14.4 Å². The third-order valence-corrected chi connectivity index (χ3v) is 2.33. The number of rotatable bonds is 3. The van der Waals surface area contributed by atoms with Crippen molar-refractivity contribution in [3.8, 4) is 0 Å². The van der Waals surface area contributed by atoms with Crippen LogP contribution >= 0.6 is 0 Å². The standard InChI is InChI=1S/C12H15N5O4/c1-12(2,3)21-11(20)16-9-8-10(14-5-13-9)17(6-15-8)4-7(18)19/h5-6H,4H2,1-3H3,(H,18,19)(H,13,14,16,20). The number of aliphatic carboxylic acids is 1. The molecule has 0 aliphatic rings. The van der Waals surface area contributed by atoms with Crippen molar-refractivity contribution in [1.82, 2.24) is 19.5 Å². The summed E-state index contributed by atoms with van der Waals surface area (Å²) in [6.07, 6.45) is 1.87. The number of ether oxygens (including phenoxy) is 1. The average Bonchev–Trinajstić information content (AvgIpc) is 2.70. The Morgan fingerprint density at radius 3 is 2.67 bits per heavy atom. The fourth-order valence-corrected chi connectivity index (χ4v) is 1.63. The van der Waals surface area contributed by atoms with Crippen molar-refractivity contribution in [3.05, 3.63) is 12.7 Å². The summed E-state index contributed by atoms with van der Waals surface area (Å²) in [5, 5.41) is 11.3. The van der Waals surface area contributed by atoms with Crippen LogP contribution in [-0.2, 0) is 16.1 Å². The van der Waals surface area contributed by atoms with Crippen molar-refractivity contribution in [1.29, 1.82) is 0 Å². The van der Waals surface area contributed by atoms with E-state index in [1.165, 1.54) is 17.2 Å². The quantitative estimate of drug-likeness (QED) is 0.874. The molecule has 0 saturated carbocycles. The van der Waals surface area contributed by atoms with Crippen LogP contribution in [-0.4, -0.2) is 42.3 Å². The van der Waals surface area contributed by atoms with Gasteiger partial charge in [0.25, 0.3) is 0 Å². The molecular weight excluding hydrogens is 278 g/mol. The number of imidazole rings is 1. The number of carboxylic acid groups (broad SMARTS) is 1. The molecule has 2 N–H and O–H groups in total. The largest absolute Gasteiger partial charge is 0.480 e. The van der Waals surface area contributed by atoms with Gasteiger partial charge in [-0.05, 0) is 20.8 Å². The van der Waals surface area contributed by atoms with E-state index in [1.807, 2.05) is 0 Å². The van der Waals surface area contributed by atoms with E-state index in [0.717, 1.165) is 0 Å². The highest BCUT2D eigenvalue weighted by atomic mass is 16.6. The molecule has 0 aromatic carbocycles. The molecule has 112 valence electrons. The summed E-state index contributed by atoms with van der Waals surface area (Å²) >= 11 is 0. The normalized spacial score (nSPS) is 11.4. The van der Waals surface area contributed by atoms with Crippen LogP contribution in [0.5, 0.6) is 0 Å². The van der Waals surface area contributed by atoms with Crippen LogP contribution in [0.25, 0.3) is 11.2 Å². The Hall–Kier alpha value is -2.71. The summed E-state index contributed by atoms with van der Waals surface area (Å²) in [5.41, 5.74) is -0.0260. The number of anilines is 1. The van der Waals surface area contributed by atoms with Crippen molar-refractivity contribution in [2.24, 2.45) is 0 Å². The number of hydrogen-bond acceptors (Lipinski definition) is 6. The summed E-state index contributed by atoms with van der Waals surface area (Å²) in [7, 11) is 0. The van der Waals surface area contributed by atoms with Gasteiger partial charge in [-0.2, -0.15) is 0 Å². The van der Waals surface area contributed by atoms with Crippen molar-refractivity contribution in [3.63, 3.8) is 0 Å². The van der Waals surface area contributed by atoms with E-state index >= 15 is 0 Å². The fourth-order valence-electron chi connectivity index (χ4n) is 1.63. The molecule has 0 saturated heterocycles. The Bertz CT molecular complexity index is 689. The maximum atomic E-state index is 11.7. The first-order chi connectivity index (χ1) is 9.76. The zero-order valence-corrected chi connectivity index (χ0v) is 11.8. The lowest BCUT2D eigenvalue weighted by atomic mass is 10.2. The minimum Gasteiger partial charge on any atom is -0.480 e. The molecular formula is C12H15N5O4. The smallest absolute Gasteiger partial charge is 0.413 e. The predicted molar refractivity (Wildman–Crippen MR) is 72.8 cm³/mol. The van der Waals surface area contributed by atoms with Gasteiger partial charge in [-0.3, -0.25) is 10.1 Å². The monoisotopic (exact) mass is 293 g/mol. The summed E-state index contributed by atoms with van der Waals surface area (Å²) in [6.45, 7) is 4.94. The lowest BCUT2D eigenvalue weighted by Crippen LogP contribution is -2.27. The molecule has 0 spiro atoms. The molecule has 0 bridgehead atoms. The molecule has 0 atom stereocenters. The van der Waals surface area contributed by atoms with Crippen LogP contribution in [0.15, 0.2) is 12.7 Å². The van der Waals surface area contributed by atoms with Crippen LogP contribution < -0.4 is 5.32 Å². The van der Waals surface area contributed by atoms with Gasteiger partial charge in [0, 0.05) is 0 Å². The highest BCUT2D eigenvalue weighted by Crippen LogP contribution is 2.18. The molecule has 0 unspecified atom stereocenters. The molecule has 21 heavy (non-hydrogen) atoms. The van der Waals surface area contributed by atoms with Gasteiger partial charge in [0.05, 0.1) is 6.33 Å². The Balaban J connectivity index is 2.27. The van der Waals surface area contributed by atoms with E-state index in [-0.39, 0.29) is 12.4 Å². The molecule has 9 heteroatoms. The first-order valence-electron chi connectivity index (χ1n) is 6.14. The number of aromatic nitrogens is 4. The maximum Gasteiger partial charge on any atom is 0.413 e. The third-order valence-electron chi connectivity index (χ3n) is 2.33. The van der Waals surface area contributed by atoms with E-state index < -0.39 is 17.7 Å². The topological polar surface area (TPSA) is 119 Å². The molecule has 1 amide bonds. The summed E-state index contributed by atoms with van der Waals surface area (Å²) in [4.78, 5) is 34.4. The van der Waals surface area contributed by atoms with E-state index in [4.69, 9.17) is 9.84 Å². The zero-order valence-electron chi connectivity index (χ0n) is 11.8. The summed E-state index contributed by atoms with van der Waals surface area (Å²) in [5.74, 6) is -0.854. The van der Waals surface area contributed by atoms with Crippen LogP contribution in [0.3, 0.4) is 0 Å². The number of amides is 1. The Labute approximate surface area is 120 Å². The molecule has 2 aromatic rings. The van der Waals surface area contributed by atoms with E-state index in [2.05, 4.69) is 20.3 Å². The number of carbonyl (C=O) groups is 2. The molecule has 0 fully saturated rings. The SMILES string of the molecule is CC(C)(C)OC(=O)Nc1ncnc2c1ncn2CC(=O)O. The highest BCUT2D eigenvalue weighted by Gasteiger charge is 2.19. The van der Waals surface area contributed by atoms with Crippen molar-refractivity contribution in [2.75, 3.05) is 5.32 Å². The Kier molecular flexibility index (Phi) is 3.74. The van der Waals surface area contributed by atoms with Gasteiger partial charge in [0.15, 0.2) is 17.0 Å². The molecule has 0 aliphatic heterocycles. The number of fused-ring (bicyclic) bond motifs is 1. The first-order valence-corrected chi connectivity index (χ1v) is 6.14. The second kappa shape index (κ2) is 5.35. The Morgan fingerprint density at radius 1 is 1.33 bits per heavy atom. The van der Waals surface area contributed by atoms with Crippen molar-refractivity contribution in [2.45, 2.75) is 32.9 Å². The van der Waals surface area contributed by atoms with Gasteiger partial charge in [-0.15, -0.1) is 0 Å². The van der Waals surface area contributed by atoms with Gasteiger partial charge in [0.2, 0.25) is 0 Å². The lowest BCUT2D eigenvalue weighted by Gasteiger charge is -2.19. The molecule has 0 aliphatic carbocycles. The lowest BCUT2D eigenvalue weighted by molar-refractivity contribution is -0.137. The van der Waals surface area contributed by atoms with E-state index in [9.17, 15) is 9.59 Å². The molecule has 2 rings (SSSR count). The number of carboxylic acids is 1. The average molecular weight is 293 g/mol.